The molecule has 1 amide bonds. The number of nitrogens with one attached hydrogen (secondary N) is 2. The van der Waals surface area contributed by atoms with Crippen LogP contribution in [0.15, 0.2) is 42.5 Å². The molecule has 0 saturated carbocycles. The van der Waals surface area contributed by atoms with Crippen molar-refractivity contribution in [3.8, 4) is 17.6 Å². The van der Waals surface area contributed by atoms with Gasteiger partial charge in [0.2, 0.25) is 5.91 Å². The maximum absolute atomic E-state index is 11.9. The fourth-order valence-electron chi connectivity index (χ4n) is 2.18. The molecule has 0 bridgehead atoms. The molecule has 0 aliphatic heterocycles. The van der Waals surface area contributed by atoms with Crippen molar-refractivity contribution in [1.82, 2.24) is 5.32 Å². The molecule has 0 unspecified atom stereocenters. The first-order valence-electron chi connectivity index (χ1n) is 7.38. The van der Waals surface area contributed by atoms with Crippen LogP contribution < -0.4 is 20.1 Å². The van der Waals surface area contributed by atoms with Crippen LogP contribution >= 0.6 is 0 Å². The van der Waals surface area contributed by atoms with Crippen LogP contribution in [0.2, 0.25) is 0 Å². The zero-order chi connectivity index (χ0) is 17.4. The van der Waals surface area contributed by atoms with Crippen LogP contribution in [0.5, 0.6) is 11.5 Å². The molecule has 24 heavy (non-hydrogen) atoms. The molecule has 6 nitrogen and oxygen atoms in total. The third-order valence-electron chi connectivity index (χ3n) is 3.34. The van der Waals surface area contributed by atoms with Gasteiger partial charge in [0.15, 0.2) is 11.5 Å². The number of nitriles is 1. The van der Waals surface area contributed by atoms with Crippen LogP contribution in [0, 0.1) is 11.3 Å². The Labute approximate surface area is 141 Å². The van der Waals surface area contributed by atoms with Crippen molar-refractivity contribution >= 4 is 11.6 Å². The minimum Gasteiger partial charge on any atom is -0.493 e. The van der Waals surface area contributed by atoms with E-state index in [2.05, 4.69) is 10.6 Å². The summed E-state index contributed by atoms with van der Waals surface area (Å²) in [5.41, 5.74) is 2.09. The quantitative estimate of drug-likeness (QED) is 0.816. The summed E-state index contributed by atoms with van der Waals surface area (Å²) in [6, 6.07) is 14.4. The van der Waals surface area contributed by atoms with Crippen molar-refractivity contribution < 1.29 is 14.3 Å². The predicted octanol–water partition coefficient (Wildman–Crippen LogP) is 2.30. The number of carbonyl (C=O) groups is 1. The number of hydrogen-bond donors (Lipinski definition) is 2. The summed E-state index contributed by atoms with van der Waals surface area (Å²) in [7, 11) is 3.17. The van der Waals surface area contributed by atoms with Gasteiger partial charge in [-0.15, -0.1) is 0 Å². The zero-order valence-electron chi connectivity index (χ0n) is 13.6. The largest absolute Gasteiger partial charge is 0.493 e. The minimum absolute atomic E-state index is 0.158. The standard InChI is InChI=1S/C18H19N3O3/c1-23-16-7-6-14(9-17(16)24-2)11-20-12-18(22)21-15-5-3-4-13(8-15)10-19/h3-9,20H,11-12H2,1-2H3,(H,21,22). The zero-order valence-corrected chi connectivity index (χ0v) is 13.6. The SMILES string of the molecule is COc1ccc(CNCC(=O)Nc2cccc(C#N)c2)cc1OC. The summed E-state index contributed by atoms with van der Waals surface area (Å²) in [6.45, 7) is 0.678. The van der Waals surface area contributed by atoms with E-state index >= 15 is 0 Å². The highest BCUT2D eigenvalue weighted by Gasteiger charge is 2.06. The molecular weight excluding hydrogens is 306 g/mol. The van der Waals surface area contributed by atoms with Crippen molar-refractivity contribution in [2.45, 2.75) is 6.54 Å². The monoisotopic (exact) mass is 325 g/mol. The summed E-state index contributed by atoms with van der Waals surface area (Å²) in [5, 5.41) is 14.7. The highest BCUT2D eigenvalue weighted by atomic mass is 16.5. The second-order valence-corrected chi connectivity index (χ2v) is 5.03. The predicted molar refractivity (Wildman–Crippen MR) is 91.0 cm³/mol. The average molecular weight is 325 g/mol. The van der Waals surface area contributed by atoms with Crippen molar-refractivity contribution in [1.29, 1.82) is 5.26 Å². The van der Waals surface area contributed by atoms with E-state index in [1.54, 1.807) is 38.5 Å². The van der Waals surface area contributed by atoms with Crippen LogP contribution in [0.1, 0.15) is 11.1 Å². The van der Waals surface area contributed by atoms with Gasteiger partial charge >= 0.3 is 0 Å². The Balaban J connectivity index is 1.85. The van der Waals surface area contributed by atoms with E-state index in [4.69, 9.17) is 14.7 Å². The van der Waals surface area contributed by atoms with E-state index in [-0.39, 0.29) is 12.5 Å². The van der Waals surface area contributed by atoms with Gasteiger partial charge in [-0.25, -0.2) is 0 Å². The topological polar surface area (TPSA) is 83.4 Å². The molecule has 0 aliphatic rings. The number of methoxy groups -OCH3 is 2. The first kappa shape index (κ1) is 17.3. The Bertz CT molecular complexity index is 753. The lowest BCUT2D eigenvalue weighted by Crippen LogP contribution is -2.27. The van der Waals surface area contributed by atoms with E-state index in [1.807, 2.05) is 24.3 Å². The lowest BCUT2D eigenvalue weighted by atomic mass is 10.2. The molecule has 2 aromatic rings. The fourth-order valence-corrected chi connectivity index (χ4v) is 2.18. The molecule has 0 fully saturated rings. The number of hydrogen-bond acceptors (Lipinski definition) is 5. The molecule has 0 heterocycles. The number of benzene rings is 2. The number of anilines is 1. The molecule has 0 aliphatic carbocycles. The molecule has 0 radical (unpaired) electrons. The average Bonchev–Trinajstić information content (AvgIpc) is 2.61. The van der Waals surface area contributed by atoms with E-state index in [9.17, 15) is 4.79 Å². The Morgan fingerprint density at radius 1 is 1.12 bits per heavy atom. The van der Waals surface area contributed by atoms with E-state index in [1.165, 1.54) is 0 Å². The number of carbonyl (C=O) groups excluding carboxylic acids is 1. The van der Waals surface area contributed by atoms with Crippen LogP contribution in [0.3, 0.4) is 0 Å². The van der Waals surface area contributed by atoms with Crippen molar-refractivity contribution in [3.63, 3.8) is 0 Å². The van der Waals surface area contributed by atoms with Gasteiger partial charge in [0.25, 0.3) is 0 Å². The van der Waals surface area contributed by atoms with Gasteiger partial charge in [-0.3, -0.25) is 4.79 Å². The second-order valence-electron chi connectivity index (χ2n) is 5.03. The number of amides is 1. The summed E-state index contributed by atoms with van der Waals surface area (Å²) in [4.78, 5) is 11.9. The molecule has 2 aromatic carbocycles. The Morgan fingerprint density at radius 3 is 2.62 bits per heavy atom. The first-order chi connectivity index (χ1) is 11.7. The molecular formula is C18H19N3O3. The summed E-state index contributed by atoms with van der Waals surface area (Å²) in [5.74, 6) is 1.14. The maximum atomic E-state index is 11.9. The highest BCUT2D eigenvalue weighted by Crippen LogP contribution is 2.27. The first-order valence-corrected chi connectivity index (χ1v) is 7.38. The highest BCUT2D eigenvalue weighted by molar-refractivity contribution is 5.92. The van der Waals surface area contributed by atoms with Crippen LogP contribution in [0.25, 0.3) is 0 Å². The third kappa shape index (κ3) is 4.73. The summed E-state index contributed by atoms with van der Waals surface area (Å²) < 4.78 is 10.4. The number of ether oxygens (including phenoxy) is 2. The van der Waals surface area contributed by atoms with Gasteiger partial charge in [0.05, 0.1) is 32.4 Å². The normalized spacial score (nSPS) is 9.88. The van der Waals surface area contributed by atoms with Crippen molar-refractivity contribution in [3.05, 3.63) is 53.6 Å². The van der Waals surface area contributed by atoms with Gasteiger partial charge in [0, 0.05) is 12.2 Å². The summed E-state index contributed by atoms with van der Waals surface area (Å²) in [6.07, 6.45) is 0. The molecule has 0 saturated heterocycles. The van der Waals surface area contributed by atoms with E-state index in [0.29, 0.717) is 29.3 Å². The Kier molecular flexibility index (Phi) is 6.17. The van der Waals surface area contributed by atoms with Gasteiger partial charge in [-0.1, -0.05) is 12.1 Å². The molecule has 0 atom stereocenters. The number of rotatable bonds is 7. The molecule has 0 spiro atoms. The Hall–Kier alpha value is -3.04. The summed E-state index contributed by atoms with van der Waals surface area (Å²) >= 11 is 0. The lowest BCUT2D eigenvalue weighted by Gasteiger charge is -2.10. The van der Waals surface area contributed by atoms with E-state index in [0.717, 1.165) is 5.56 Å². The third-order valence-corrected chi connectivity index (χ3v) is 3.34. The fraction of sp³-hybridized carbons (Fsp3) is 0.222. The van der Waals surface area contributed by atoms with Crippen LogP contribution in [-0.2, 0) is 11.3 Å². The molecule has 124 valence electrons. The van der Waals surface area contributed by atoms with Gasteiger partial charge < -0.3 is 20.1 Å². The smallest absolute Gasteiger partial charge is 0.238 e. The van der Waals surface area contributed by atoms with Crippen LogP contribution in [0.4, 0.5) is 5.69 Å². The van der Waals surface area contributed by atoms with Gasteiger partial charge in [-0.05, 0) is 35.9 Å². The minimum atomic E-state index is -0.175. The van der Waals surface area contributed by atoms with Gasteiger partial charge in [-0.2, -0.15) is 5.26 Å². The number of nitrogens with zero attached hydrogens (tertiary/aromatic N) is 1. The molecule has 2 N–H and O–H groups in total. The molecule has 0 aromatic heterocycles. The van der Waals surface area contributed by atoms with Gasteiger partial charge in [0.1, 0.15) is 0 Å². The maximum Gasteiger partial charge on any atom is 0.238 e. The molecule has 2 rings (SSSR count). The van der Waals surface area contributed by atoms with Crippen LogP contribution in [-0.4, -0.2) is 26.7 Å². The van der Waals surface area contributed by atoms with Crippen molar-refractivity contribution in [2.75, 3.05) is 26.1 Å². The lowest BCUT2D eigenvalue weighted by molar-refractivity contribution is -0.115. The Morgan fingerprint density at radius 2 is 1.92 bits per heavy atom. The second kappa shape index (κ2) is 8.56. The van der Waals surface area contributed by atoms with Crippen molar-refractivity contribution in [2.24, 2.45) is 0 Å². The van der Waals surface area contributed by atoms with E-state index < -0.39 is 0 Å². The molecule has 6 heteroatoms.